The summed E-state index contributed by atoms with van der Waals surface area (Å²) >= 11 is 3.89. The molecule has 0 saturated carbocycles. The molecule has 2 aliphatic heterocycles. The van der Waals surface area contributed by atoms with E-state index in [0.29, 0.717) is 17.5 Å². The second kappa shape index (κ2) is 12.7. The summed E-state index contributed by atoms with van der Waals surface area (Å²) in [5.41, 5.74) is 2.48. The van der Waals surface area contributed by atoms with E-state index in [1.807, 2.05) is 24.4 Å². The fourth-order valence-electron chi connectivity index (χ4n) is 3.34. The zero-order valence-corrected chi connectivity index (χ0v) is 20.1. The van der Waals surface area contributed by atoms with Gasteiger partial charge in [-0.3, -0.25) is 9.88 Å². The van der Waals surface area contributed by atoms with E-state index in [-0.39, 0.29) is 0 Å². The van der Waals surface area contributed by atoms with Gasteiger partial charge in [0.25, 0.3) is 0 Å². The SMILES string of the molecule is O=C(O)C(F)(F)F.O=C(O)C(F)(F)F.c1ccc(COC2CSC3(C2)CN(Cc2ccsc2)C3)nc1. The Kier molecular flexibility index (Phi) is 10.6. The highest BCUT2D eigenvalue weighted by Gasteiger charge is 2.49. The lowest BCUT2D eigenvalue weighted by Gasteiger charge is -2.47. The first-order chi connectivity index (χ1) is 16.7. The third kappa shape index (κ3) is 9.95. The number of carbonyl (C=O) groups is 2. The Bertz CT molecular complexity index is 943. The Labute approximate surface area is 210 Å². The molecule has 2 aliphatic rings. The van der Waals surface area contributed by atoms with Crippen molar-refractivity contribution < 1.29 is 50.9 Å². The quantitative estimate of drug-likeness (QED) is 0.509. The number of likely N-dealkylation sites (tertiary alicyclic amines) is 1. The number of alkyl halides is 6. The van der Waals surface area contributed by atoms with E-state index in [2.05, 4.69) is 38.5 Å². The minimum absolute atomic E-state index is 0.385. The summed E-state index contributed by atoms with van der Waals surface area (Å²) in [7, 11) is 0. The van der Waals surface area contributed by atoms with Crippen molar-refractivity contribution in [3.63, 3.8) is 0 Å². The lowest BCUT2D eigenvalue weighted by molar-refractivity contribution is -0.193. The van der Waals surface area contributed by atoms with E-state index in [4.69, 9.17) is 24.5 Å². The van der Waals surface area contributed by atoms with Gasteiger partial charge >= 0.3 is 24.3 Å². The van der Waals surface area contributed by atoms with E-state index < -0.39 is 24.3 Å². The van der Waals surface area contributed by atoms with Gasteiger partial charge in [-0.1, -0.05) is 6.07 Å². The van der Waals surface area contributed by atoms with Crippen LogP contribution in [0.1, 0.15) is 17.7 Å². The summed E-state index contributed by atoms with van der Waals surface area (Å²) < 4.78 is 70.0. The number of hydrogen-bond donors (Lipinski definition) is 2. The summed E-state index contributed by atoms with van der Waals surface area (Å²) in [6, 6.07) is 8.23. The minimum atomic E-state index is -5.08. The van der Waals surface area contributed by atoms with Crippen LogP contribution in [0, 0.1) is 0 Å². The van der Waals surface area contributed by atoms with E-state index in [1.165, 1.54) is 25.1 Å². The number of pyridine rings is 1. The van der Waals surface area contributed by atoms with Crippen molar-refractivity contribution >= 4 is 35.0 Å². The zero-order valence-electron chi connectivity index (χ0n) is 18.5. The van der Waals surface area contributed by atoms with E-state index in [1.54, 1.807) is 11.3 Å². The number of ether oxygens (including phenoxy) is 1. The molecule has 0 aliphatic carbocycles. The fraction of sp³-hybridized carbons (Fsp3) is 0.476. The molecule has 200 valence electrons. The minimum Gasteiger partial charge on any atom is -0.475 e. The first kappa shape index (κ1) is 29.9. The maximum atomic E-state index is 10.6. The fourth-order valence-corrected chi connectivity index (χ4v) is 5.60. The Balaban J connectivity index is 0.000000271. The van der Waals surface area contributed by atoms with Crippen molar-refractivity contribution in [1.82, 2.24) is 9.88 Å². The van der Waals surface area contributed by atoms with Gasteiger partial charge in [0.15, 0.2) is 0 Å². The number of thioether (sulfide) groups is 1. The molecule has 4 heterocycles. The van der Waals surface area contributed by atoms with Crippen LogP contribution >= 0.6 is 23.1 Å². The molecule has 7 nitrogen and oxygen atoms in total. The highest BCUT2D eigenvalue weighted by atomic mass is 32.2. The molecule has 2 fully saturated rings. The second-order valence-electron chi connectivity index (χ2n) is 7.83. The first-order valence-electron chi connectivity index (χ1n) is 10.2. The number of rotatable bonds is 5. The van der Waals surface area contributed by atoms with Gasteiger partial charge in [0.2, 0.25) is 0 Å². The number of thiophene rings is 1. The van der Waals surface area contributed by atoms with Gasteiger partial charge in [0.05, 0.1) is 18.4 Å². The Morgan fingerprint density at radius 1 is 1.08 bits per heavy atom. The molecule has 15 heteroatoms. The van der Waals surface area contributed by atoms with Crippen molar-refractivity contribution in [2.45, 2.75) is 42.8 Å². The molecule has 0 radical (unpaired) electrons. The summed E-state index contributed by atoms with van der Waals surface area (Å²) in [5.74, 6) is -4.39. The summed E-state index contributed by atoms with van der Waals surface area (Å²) in [5, 5.41) is 18.7. The van der Waals surface area contributed by atoms with Crippen molar-refractivity contribution in [2.24, 2.45) is 0 Å². The first-order valence-corrected chi connectivity index (χ1v) is 12.1. The van der Waals surface area contributed by atoms with Crippen molar-refractivity contribution in [3.05, 3.63) is 52.5 Å². The third-order valence-electron chi connectivity index (χ3n) is 4.86. The van der Waals surface area contributed by atoms with Gasteiger partial charge in [0, 0.05) is 36.3 Å². The summed E-state index contributed by atoms with van der Waals surface area (Å²) in [4.78, 5) is 24.7. The summed E-state index contributed by atoms with van der Waals surface area (Å²) in [6.07, 6.45) is -6.77. The maximum Gasteiger partial charge on any atom is 0.490 e. The predicted molar refractivity (Wildman–Crippen MR) is 120 cm³/mol. The van der Waals surface area contributed by atoms with Gasteiger partial charge in [-0.2, -0.15) is 37.7 Å². The molecule has 4 rings (SSSR count). The van der Waals surface area contributed by atoms with Gasteiger partial charge < -0.3 is 14.9 Å². The van der Waals surface area contributed by atoms with Crippen LogP contribution in [0.3, 0.4) is 0 Å². The second-order valence-corrected chi connectivity index (χ2v) is 10.1. The van der Waals surface area contributed by atoms with Gasteiger partial charge in [-0.05, 0) is 40.9 Å². The lowest BCUT2D eigenvalue weighted by Crippen LogP contribution is -2.58. The molecule has 0 bridgehead atoms. The Morgan fingerprint density at radius 2 is 1.69 bits per heavy atom. The number of aliphatic carboxylic acids is 2. The molecule has 2 aromatic heterocycles. The number of halogens is 6. The zero-order chi connectivity index (χ0) is 27.0. The highest BCUT2D eigenvalue weighted by Crippen LogP contribution is 2.46. The molecular formula is C21H22F6N2O5S2. The smallest absolute Gasteiger partial charge is 0.475 e. The van der Waals surface area contributed by atoms with Crippen molar-refractivity contribution in [3.8, 4) is 0 Å². The third-order valence-corrected chi connectivity index (χ3v) is 7.17. The van der Waals surface area contributed by atoms with Gasteiger partial charge in [-0.15, -0.1) is 11.8 Å². The maximum absolute atomic E-state index is 10.6. The van der Waals surface area contributed by atoms with Crippen LogP contribution in [0.2, 0.25) is 0 Å². The Hall–Kier alpha value is -2.36. The van der Waals surface area contributed by atoms with Crippen LogP contribution in [-0.2, 0) is 27.5 Å². The number of carboxylic acids is 2. The Morgan fingerprint density at radius 3 is 2.17 bits per heavy atom. The van der Waals surface area contributed by atoms with Crippen LogP contribution in [0.5, 0.6) is 0 Å². The molecule has 0 amide bonds. The van der Waals surface area contributed by atoms with Crippen LogP contribution in [0.25, 0.3) is 0 Å². The van der Waals surface area contributed by atoms with E-state index in [0.717, 1.165) is 18.0 Å². The van der Waals surface area contributed by atoms with Crippen molar-refractivity contribution in [1.29, 1.82) is 0 Å². The molecular weight excluding hydrogens is 538 g/mol. The number of nitrogens with zero attached hydrogens (tertiary/aromatic N) is 2. The molecule has 1 atom stereocenters. The lowest BCUT2D eigenvalue weighted by atomic mass is 9.92. The predicted octanol–water partition coefficient (Wildman–Crippen LogP) is 4.69. The largest absolute Gasteiger partial charge is 0.490 e. The van der Waals surface area contributed by atoms with Crippen LogP contribution in [-0.4, -0.2) is 74.1 Å². The normalized spacial score (nSPS) is 18.9. The standard InChI is InChI=1S/C17H20N2OS2.2C2HF3O2/c1-2-5-18-15(3-1)9-20-16-7-17(22-11-16)12-19(13-17)8-14-4-6-21-10-14;2*3-2(4,5)1(6)7/h1-6,10,16H,7-9,11-13H2;2*(H,6,7). The average Bonchev–Trinajstić information content (AvgIpc) is 3.43. The summed E-state index contributed by atoms with van der Waals surface area (Å²) in [6.45, 7) is 4.15. The van der Waals surface area contributed by atoms with Crippen LogP contribution < -0.4 is 0 Å². The highest BCUT2D eigenvalue weighted by molar-refractivity contribution is 8.01. The van der Waals surface area contributed by atoms with Gasteiger partial charge in [-0.25, -0.2) is 9.59 Å². The molecule has 36 heavy (non-hydrogen) atoms. The molecule has 2 N–H and O–H groups in total. The van der Waals surface area contributed by atoms with E-state index >= 15 is 0 Å². The van der Waals surface area contributed by atoms with Crippen LogP contribution in [0.15, 0.2) is 41.2 Å². The topological polar surface area (TPSA) is 100.0 Å². The number of aromatic nitrogens is 1. The monoisotopic (exact) mass is 560 g/mol. The molecule has 2 aromatic rings. The van der Waals surface area contributed by atoms with E-state index in [9.17, 15) is 26.3 Å². The van der Waals surface area contributed by atoms with Crippen molar-refractivity contribution in [2.75, 3.05) is 18.8 Å². The molecule has 1 spiro atoms. The average molecular weight is 561 g/mol. The number of carboxylic acid groups (broad SMARTS) is 2. The van der Waals surface area contributed by atoms with Gasteiger partial charge in [0.1, 0.15) is 0 Å². The van der Waals surface area contributed by atoms with Crippen LogP contribution in [0.4, 0.5) is 26.3 Å². The molecule has 1 unspecified atom stereocenters. The number of hydrogen-bond acceptors (Lipinski definition) is 7. The molecule has 2 saturated heterocycles. The molecule has 0 aromatic carbocycles.